The van der Waals surface area contributed by atoms with E-state index in [9.17, 15) is 0 Å². The zero-order chi connectivity index (χ0) is 11.5. The first-order chi connectivity index (χ1) is 7.66. The van der Waals surface area contributed by atoms with E-state index in [1.54, 1.807) is 11.3 Å². The van der Waals surface area contributed by atoms with Crippen molar-refractivity contribution < 1.29 is 4.74 Å². The Morgan fingerprint density at radius 3 is 3.00 bits per heavy atom. The molecule has 1 N–H and O–H groups in total. The summed E-state index contributed by atoms with van der Waals surface area (Å²) in [5.74, 6) is 0.673. The maximum absolute atomic E-state index is 5.40. The van der Waals surface area contributed by atoms with Crippen LogP contribution in [0.2, 0.25) is 0 Å². The van der Waals surface area contributed by atoms with Gasteiger partial charge in [0.1, 0.15) is 0 Å². The number of rotatable bonds is 4. The quantitative estimate of drug-likeness (QED) is 0.872. The Morgan fingerprint density at radius 1 is 1.62 bits per heavy atom. The fraction of sp³-hybridized carbons (Fsp3) is 0.636. The van der Waals surface area contributed by atoms with Crippen molar-refractivity contribution in [3.63, 3.8) is 0 Å². The molecule has 0 radical (unpaired) electrons. The van der Waals surface area contributed by atoms with Crippen LogP contribution >= 0.6 is 43.2 Å². The van der Waals surface area contributed by atoms with Gasteiger partial charge in [-0.1, -0.05) is 0 Å². The third-order valence-corrected chi connectivity index (χ3v) is 6.22. The maximum Gasteiger partial charge on any atom is 0.0843 e. The fourth-order valence-corrected chi connectivity index (χ4v) is 3.98. The number of ether oxygens (including phenoxy) is 1. The molecular formula is C11H15Br2NOS. The maximum atomic E-state index is 5.40. The Morgan fingerprint density at radius 2 is 2.44 bits per heavy atom. The van der Waals surface area contributed by atoms with Gasteiger partial charge in [-0.3, -0.25) is 0 Å². The smallest absolute Gasteiger partial charge is 0.0843 e. The Balaban J connectivity index is 1.82. The second-order valence-electron chi connectivity index (χ2n) is 4.13. The van der Waals surface area contributed by atoms with Gasteiger partial charge in [-0.2, -0.15) is 0 Å². The Hall–Kier alpha value is 0.580. The predicted molar refractivity (Wildman–Crippen MR) is 74.9 cm³/mol. The lowest BCUT2D eigenvalue weighted by Gasteiger charge is -2.18. The van der Waals surface area contributed by atoms with E-state index >= 15 is 0 Å². The van der Waals surface area contributed by atoms with E-state index < -0.39 is 0 Å². The van der Waals surface area contributed by atoms with Crippen LogP contribution in [0.4, 0.5) is 0 Å². The molecule has 0 saturated carbocycles. The Bertz CT molecular complexity index is 330. The first kappa shape index (κ1) is 13.0. The van der Waals surface area contributed by atoms with E-state index in [4.69, 9.17) is 4.74 Å². The molecule has 1 saturated heterocycles. The molecule has 2 atom stereocenters. The Kier molecular flexibility index (Phi) is 4.85. The zero-order valence-electron chi connectivity index (χ0n) is 9.13. The lowest BCUT2D eigenvalue weighted by molar-refractivity contribution is 0.178. The third-order valence-electron chi connectivity index (χ3n) is 2.97. The summed E-state index contributed by atoms with van der Waals surface area (Å²) in [4.78, 5) is 1.35. The largest absolute Gasteiger partial charge is 0.381 e. The van der Waals surface area contributed by atoms with Gasteiger partial charge >= 0.3 is 0 Å². The van der Waals surface area contributed by atoms with Gasteiger partial charge in [-0.15, -0.1) is 11.3 Å². The standard InChI is InChI=1S/C11H15Br2NOS/c1-7(8-2-3-15-6-8)14-5-9-4-10(12)11(13)16-9/h4,7-8,14H,2-3,5-6H2,1H3. The highest BCUT2D eigenvalue weighted by atomic mass is 79.9. The van der Waals surface area contributed by atoms with E-state index in [1.165, 1.54) is 15.1 Å². The highest BCUT2D eigenvalue weighted by Gasteiger charge is 2.21. The van der Waals surface area contributed by atoms with Crippen LogP contribution in [0.3, 0.4) is 0 Å². The van der Waals surface area contributed by atoms with Gasteiger partial charge in [-0.25, -0.2) is 0 Å². The van der Waals surface area contributed by atoms with Crippen molar-refractivity contribution >= 4 is 43.2 Å². The van der Waals surface area contributed by atoms with Gasteiger partial charge in [0, 0.05) is 28.5 Å². The van der Waals surface area contributed by atoms with Gasteiger partial charge in [-0.05, 0) is 57.2 Å². The molecule has 0 amide bonds. The molecule has 1 aromatic rings. The van der Waals surface area contributed by atoms with E-state index in [0.717, 1.165) is 24.2 Å². The van der Waals surface area contributed by atoms with Crippen LogP contribution in [0.25, 0.3) is 0 Å². The minimum Gasteiger partial charge on any atom is -0.381 e. The molecule has 2 unspecified atom stereocenters. The third kappa shape index (κ3) is 3.29. The molecule has 1 aliphatic rings. The molecule has 5 heteroatoms. The van der Waals surface area contributed by atoms with Crippen LogP contribution in [0.5, 0.6) is 0 Å². The minimum absolute atomic E-state index is 0.530. The number of hydrogen-bond donors (Lipinski definition) is 1. The SMILES string of the molecule is CC(NCc1cc(Br)c(Br)s1)C1CCOC1. The zero-order valence-corrected chi connectivity index (χ0v) is 13.1. The summed E-state index contributed by atoms with van der Waals surface area (Å²) in [6.45, 7) is 5.02. The van der Waals surface area contributed by atoms with E-state index in [-0.39, 0.29) is 0 Å². The van der Waals surface area contributed by atoms with E-state index in [2.05, 4.69) is 50.2 Å². The van der Waals surface area contributed by atoms with Crippen molar-refractivity contribution in [1.29, 1.82) is 0 Å². The summed E-state index contributed by atoms with van der Waals surface area (Å²) in [7, 11) is 0. The van der Waals surface area contributed by atoms with Crippen LogP contribution in [0, 0.1) is 5.92 Å². The highest BCUT2D eigenvalue weighted by molar-refractivity contribution is 9.13. The van der Waals surface area contributed by atoms with E-state index in [1.807, 2.05) is 0 Å². The van der Waals surface area contributed by atoms with Gasteiger partial charge < -0.3 is 10.1 Å². The molecule has 0 spiro atoms. The summed E-state index contributed by atoms with van der Waals surface area (Å²) < 4.78 is 7.71. The number of nitrogens with one attached hydrogen (secondary N) is 1. The minimum atomic E-state index is 0.530. The first-order valence-electron chi connectivity index (χ1n) is 5.41. The molecule has 16 heavy (non-hydrogen) atoms. The second kappa shape index (κ2) is 5.96. The van der Waals surface area contributed by atoms with Crippen molar-refractivity contribution in [1.82, 2.24) is 5.32 Å². The van der Waals surface area contributed by atoms with Crippen LogP contribution in [0.1, 0.15) is 18.2 Å². The van der Waals surface area contributed by atoms with Gasteiger partial charge in [0.05, 0.1) is 10.4 Å². The van der Waals surface area contributed by atoms with Gasteiger partial charge in [0.25, 0.3) is 0 Å². The topological polar surface area (TPSA) is 21.3 Å². The van der Waals surface area contributed by atoms with Crippen molar-refractivity contribution in [3.8, 4) is 0 Å². The summed E-state index contributed by atoms with van der Waals surface area (Å²) in [6.07, 6.45) is 1.19. The van der Waals surface area contributed by atoms with Crippen molar-refractivity contribution in [3.05, 3.63) is 19.2 Å². The van der Waals surface area contributed by atoms with Gasteiger partial charge in [0.15, 0.2) is 0 Å². The molecule has 0 bridgehead atoms. The number of thiophene rings is 1. The summed E-state index contributed by atoms with van der Waals surface area (Å²) >= 11 is 8.79. The van der Waals surface area contributed by atoms with Crippen LogP contribution in [0.15, 0.2) is 14.3 Å². The summed E-state index contributed by atoms with van der Waals surface area (Å²) in [5, 5.41) is 3.57. The molecular weight excluding hydrogens is 354 g/mol. The fourth-order valence-electron chi connectivity index (χ4n) is 1.85. The molecule has 0 aromatic carbocycles. The lowest BCUT2D eigenvalue weighted by atomic mass is 10.0. The van der Waals surface area contributed by atoms with Crippen LogP contribution in [-0.2, 0) is 11.3 Å². The molecule has 1 aromatic heterocycles. The number of halogens is 2. The first-order valence-corrected chi connectivity index (χ1v) is 7.82. The highest BCUT2D eigenvalue weighted by Crippen LogP contribution is 2.32. The number of hydrogen-bond acceptors (Lipinski definition) is 3. The molecule has 2 nitrogen and oxygen atoms in total. The normalized spacial score (nSPS) is 22.6. The van der Waals surface area contributed by atoms with Crippen molar-refractivity contribution in [2.45, 2.75) is 25.9 Å². The second-order valence-corrected chi connectivity index (χ2v) is 7.44. The molecule has 90 valence electrons. The van der Waals surface area contributed by atoms with E-state index in [0.29, 0.717) is 12.0 Å². The molecule has 2 heterocycles. The average molecular weight is 369 g/mol. The van der Waals surface area contributed by atoms with Gasteiger partial charge in [0.2, 0.25) is 0 Å². The monoisotopic (exact) mass is 367 g/mol. The molecule has 2 rings (SSSR count). The predicted octanol–water partition coefficient (Wildman–Crippen LogP) is 3.79. The molecule has 0 aliphatic carbocycles. The average Bonchev–Trinajstić information content (AvgIpc) is 2.86. The Labute approximate surface area is 117 Å². The van der Waals surface area contributed by atoms with Crippen LogP contribution in [-0.4, -0.2) is 19.3 Å². The van der Waals surface area contributed by atoms with Crippen LogP contribution < -0.4 is 5.32 Å². The lowest BCUT2D eigenvalue weighted by Crippen LogP contribution is -2.33. The summed E-state index contributed by atoms with van der Waals surface area (Å²) in [5.41, 5.74) is 0. The van der Waals surface area contributed by atoms with Crippen molar-refractivity contribution in [2.75, 3.05) is 13.2 Å². The molecule has 1 fully saturated rings. The van der Waals surface area contributed by atoms with Crippen molar-refractivity contribution in [2.24, 2.45) is 5.92 Å². The molecule has 1 aliphatic heterocycles. The summed E-state index contributed by atoms with van der Waals surface area (Å²) in [6, 6.07) is 2.70.